The number of carboxylic acid groups (broad SMARTS) is 1. The summed E-state index contributed by atoms with van der Waals surface area (Å²) >= 11 is 1.50. The highest BCUT2D eigenvalue weighted by Gasteiger charge is 2.09. The van der Waals surface area contributed by atoms with Crippen LogP contribution in [0.3, 0.4) is 0 Å². The lowest BCUT2D eigenvalue weighted by Gasteiger charge is -2.05. The van der Waals surface area contributed by atoms with Gasteiger partial charge >= 0.3 is 5.97 Å². The molecule has 0 radical (unpaired) electrons. The van der Waals surface area contributed by atoms with Crippen LogP contribution in [0.4, 0.5) is 0 Å². The summed E-state index contributed by atoms with van der Waals surface area (Å²) in [4.78, 5) is 15.9. The molecule has 1 heterocycles. The third kappa shape index (κ3) is 3.45. The number of carboxylic acids is 1. The number of ether oxygens (including phenoxy) is 1. The third-order valence-electron chi connectivity index (χ3n) is 2.79. The van der Waals surface area contributed by atoms with Crippen molar-refractivity contribution >= 4 is 23.4 Å². The average Bonchev–Trinajstić information content (AvgIpc) is 2.77. The van der Waals surface area contributed by atoms with Gasteiger partial charge in [0.15, 0.2) is 0 Å². The molecule has 0 unspecified atom stereocenters. The molecule has 0 fully saturated rings. The van der Waals surface area contributed by atoms with Crippen LogP contribution in [0.2, 0.25) is 0 Å². The Hall–Kier alpha value is -2.14. The van der Waals surface area contributed by atoms with E-state index in [0.717, 1.165) is 33.0 Å². The Morgan fingerprint density at radius 3 is 2.90 bits per heavy atom. The zero-order valence-corrected chi connectivity index (χ0v) is 12.1. The minimum absolute atomic E-state index is 0.677. The number of rotatable bonds is 5. The highest BCUT2D eigenvalue weighted by Crippen LogP contribution is 2.25. The van der Waals surface area contributed by atoms with Crippen LogP contribution in [0, 0.1) is 6.92 Å². The molecule has 2 aromatic rings. The lowest BCUT2D eigenvalue weighted by molar-refractivity contribution is -0.131. The number of aryl methyl sites for hydroxylation is 1. The van der Waals surface area contributed by atoms with E-state index in [4.69, 9.17) is 9.84 Å². The van der Waals surface area contributed by atoms with Gasteiger partial charge in [-0.05, 0) is 19.1 Å². The fraction of sp³-hybridized carbons (Fsp3) is 0.200. The molecule has 0 spiro atoms. The first-order valence-corrected chi connectivity index (χ1v) is 6.91. The van der Waals surface area contributed by atoms with Crippen molar-refractivity contribution in [3.05, 3.63) is 51.5 Å². The van der Waals surface area contributed by atoms with Crippen molar-refractivity contribution in [1.29, 1.82) is 0 Å². The Kier molecular flexibility index (Phi) is 4.53. The van der Waals surface area contributed by atoms with Gasteiger partial charge in [-0.25, -0.2) is 9.78 Å². The van der Waals surface area contributed by atoms with Gasteiger partial charge in [-0.3, -0.25) is 0 Å². The molecule has 0 saturated carbocycles. The van der Waals surface area contributed by atoms with E-state index in [-0.39, 0.29) is 0 Å². The van der Waals surface area contributed by atoms with E-state index in [1.807, 2.05) is 31.2 Å². The molecule has 1 aromatic carbocycles. The molecule has 1 aromatic heterocycles. The fourth-order valence-corrected chi connectivity index (χ4v) is 2.85. The van der Waals surface area contributed by atoms with E-state index in [1.54, 1.807) is 13.2 Å². The number of aromatic nitrogens is 1. The van der Waals surface area contributed by atoms with Crippen molar-refractivity contribution in [2.75, 3.05) is 7.11 Å². The van der Waals surface area contributed by atoms with Crippen molar-refractivity contribution in [1.82, 2.24) is 4.98 Å². The second-order valence-corrected chi connectivity index (χ2v) is 5.33. The van der Waals surface area contributed by atoms with Crippen LogP contribution in [0.25, 0.3) is 6.08 Å². The van der Waals surface area contributed by atoms with Gasteiger partial charge in [-0.15, -0.1) is 11.3 Å². The molecular weight excluding hydrogens is 274 g/mol. The molecule has 0 atom stereocenters. The Balaban J connectivity index is 2.22. The van der Waals surface area contributed by atoms with Gasteiger partial charge in [-0.1, -0.05) is 18.2 Å². The summed E-state index contributed by atoms with van der Waals surface area (Å²) in [7, 11) is 1.65. The monoisotopic (exact) mass is 289 g/mol. The van der Waals surface area contributed by atoms with E-state index in [9.17, 15) is 4.79 Å². The molecule has 104 valence electrons. The van der Waals surface area contributed by atoms with Crippen molar-refractivity contribution in [3.8, 4) is 5.75 Å². The maximum absolute atomic E-state index is 10.5. The molecule has 5 heteroatoms. The van der Waals surface area contributed by atoms with Crippen molar-refractivity contribution in [3.63, 3.8) is 0 Å². The van der Waals surface area contributed by atoms with Gasteiger partial charge in [-0.2, -0.15) is 0 Å². The third-order valence-corrected chi connectivity index (χ3v) is 3.91. The number of benzene rings is 1. The summed E-state index contributed by atoms with van der Waals surface area (Å²) in [5.74, 6) is -0.118. The number of nitrogens with zero attached hydrogens (tertiary/aromatic N) is 1. The number of aliphatic carboxylic acids is 1. The van der Waals surface area contributed by atoms with E-state index in [2.05, 4.69) is 4.98 Å². The van der Waals surface area contributed by atoms with E-state index in [0.29, 0.717) is 6.42 Å². The molecule has 0 bridgehead atoms. The molecule has 0 aliphatic carbocycles. The highest BCUT2D eigenvalue weighted by molar-refractivity contribution is 7.12. The smallest absolute Gasteiger partial charge is 0.328 e. The first-order chi connectivity index (χ1) is 9.60. The lowest BCUT2D eigenvalue weighted by Crippen LogP contribution is -1.92. The number of carbonyl (C=O) groups is 1. The normalized spacial score (nSPS) is 10.9. The van der Waals surface area contributed by atoms with Crippen LogP contribution < -0.4 is 4.74 Å². The molecular formula is C15H15NO3S. The minimum Gasteiger partial charge on any atom is -0.496 e. The van der Waals surface area contributed by atoms with Crippen LogP contribution in [0.1, 0.15) is 21.1 Å². The van der Waals surface area contributed by atoms with Crippen molar-refractivity contribution in [2.24, 2.45) is 0 Å². The maximum Gasteiger partial charge on any atom is 0.328 e. The minimum atomic E-state index is -0.955. The highest BCUT2D eigenvalue weighted by atomic mass is 32.1. The first-order valence-electron chi connectivity index (χ1n) is 6.09. The molecule has 1 N–H and O–H groups in total. The largest absolute Gasteiger partial charge is 0.496 e. The van der Waals surface area contributed by atoms with Gasteiger partial charge in [0, 0.05) is 18.1 Å². The van der Waals surface area contributed by atoms with Gasteiger partial charge in [0.25, 0.3) is 0 Å². The van der Waals surface area contributed by atoms with Gasteiger partial charge in [0.2, 0.25) is 0 Å². The standard InChI is InChI=1S/C15H15NO3S/c1-10-13(7-8-15(17)18)20-14(16-10)9-11-5-3-4-6-12(11)19-2/h3-8H,9H2,1-2H3,(H,17,18)/b8-7+. The van der Waals surface area contributed by atoms with Crippen LogP contribution in [-0.2, 0) is 11.2 Å². The summed E-state index contributed by atoms with van der Waals surface area (Å²) in [6.45, 7) is 1.88. The molecule has 0 aliphatic heterocycles. The van der Waals surface area contributed by atoms with Crippen LogP contribution >= 0.6 is 11.3 Å². The average molecular weight is 289 g/mol. The van der Waals surface area contributed by atoms with Gasteiger partial charge < -0.3 is 9.84 Å². The molecule has 20 heavy (non-hydrogen) atoms. The molecule has 0 aliphatic rings. The summed E-state index contributed by atoms with van der Waals surface area (Å²) in [5.41, 5.74) is 1.91. The maximum atomic E-state index is 10.5. The van der Waals surface area contributed by atoms with Gasteiger partial charge in [0.05, 0.1) is 22.7 Å². The number of thiazole rings is 1. The quantitative estimate of drug-likeness (QED) is 0.859. The molecule has 0 amide bonds. The summed E-state index contributed by atoms with van der Waals surface area (Å²) < 4.78 is 5.32. The second-order valence-electron chi connectivity index (χ2n) is 4.22. The first kappa shape index (κ1) is 14.3. The van der Waals surface area contributed by atoms with E-state index >= 15 is 0 Å². The Morgan fingerprint density at radius 2 is 2.20 bits per heavy atom. The number of hydrogen-bond donors (Lipinski definition) is 1. The van der Waals surface area contributed by atoms with E-state index < -0.39 is 5.97 Å². The number of methoxy groups -OCH3 is 1. The van der Waals surface area contributed by atoms with Crippen LogP contribution in [0.15, 0.2) is 30.3 Å². The van der Waals surface area contributed by atoms with E-state index in [1.165, 1.54) is 11.3 Å². The van der Waals surface area contributed by atoms with Crippen molar-refractivity contribution in [2.45, 2.75) is 13.3 Å². The molecule has 0 saturated heterocycles. The summed E-state index contributed by atoms with van der Waals surface area (Å²) in [6.07, 6.45) is 3.39. The summed E-state index contributed by atoms with van der Waals surface area (Å²) in [6, 6.07) is 7.81. The molecule has 4 nitrogen and oxygen atoms in total. The topological polar surface area (TPSA) is 59.4 Å². The van der Waals surface area contributed by atoms with Gasteiger partial charge in [0.1, 0.15) is 5.75 Å². The van der Waals surface area contributed by atoms with Crippen LogP contribution in [-0.4, -0.2) is 23.2 Å². The fourth-order valence-electron chi connectivity index (χ4n) is 1.85. The summed E-state index contributed by atoms with van der Waals surface area (Å²) in [5, 5.41) is 9.60. The Labute approximate surface area is 121 Å². The number of hydrogen-bond acceptors (Lipinski definition) is 4. The predicted octanol–water partition coefficient (Wildman–Crippen LogP) is 3.15. The zero-order valence-electron chi connectivity index (χ0n) is 11.3. The SMILES string of the molecule is COc1ccccc1Cc1nc(C)c(/C=C/C(=O)O)s1. The zero-order chi connectivity index (χ0) is 14.5. The lowest BCUT2D eigenvalue weighted by atomic mass is 10.1. The second kappa shape index (κ2) is 6.34. The number of para-hydroxylation sites is 1. The Bertz CT molecular complexity index is 646. The van der Waals surface area contributed by atoms with Crippen molar-refractivity contribution < 1.29 is 14.6 Å². The molecule has 2 rings (SSSR count). The Morgan fingerprint density at radius 1 is 1.45 bits per heavy atom. The van der Waals surface area contributed by atoms with Crippen LogP contribution in [0.5, 0.6) is 5.75 Å². The predicted molar refractivity (Wildman–Crippen MR) is 79.3 cm³/mol.